The summed E-state index contributed by atoms with van der Waals surface area (Å²) in [5.74, 6) is 1.36. The first-order valence-corrected chi connectivity index (χ1v) is 5.17. The number of carbonyl (C=O) groups is 2. The van der Waals surface area contributed by atoms with Gasteiger partial charge in [0.15, 0.2) is 0 Å². The SMILES string of the molecule is CN1C(=O)CC2C3C=CC(C3)C2C1=O. The Morgan fingerprint density at radius 2 is 2.00 bits per heavy atom. The van der Waals surface area contributed by atoms with Crippen LogP contribution in [0.4, 0.5) is 0 Å². The Morgan fingerprint density at radius 3 is 2.79 bits per heavy atom. The average Bonchev–Trinajstić information content (AvgIpc) is 2.74. The molecule has 2 aliphatic carbocycles. The fourth-order valence-corrected chi connectivity index (χ4v) is 3.25. The van der Waals surface area contributed by atoms with Gasteiger partial charge in [-0.1, -0.05) is 12.2 Å². The van der Waals surface area contributed by atoms with E-state index >= 15 is 0 Å². The summed E-state index contributed by atoms with van der Waals surface area (Å²) in [6.07, 6.45) is 6.01. The molecule has 2 amide bonds. The molecule has 0 aromatic heterocycles. The summed E-state index contributed by atoms with van der Waals surface area (Å²) in [4.78, 5) is 24.7. The summed E-state index contributed by atoms with van der Waals surface area (Å²) in [6, 6.07) is 0. The Hall–Kier alpha value is -1.12. The van der Waals surface area contributed by atoms with Gasteiger partial charge in [-0.25, -0.2) is 0 Å². The Labute approximate surface area is 82.8 Å². The van der Waals surface area contributed by atoms with Crippen LogP contribution in [-0.2, 0) is 9.59 Å². The first-order valence-electron chi connectivity index (χ1n) is 5.17. The zero-order valence-electron chi connectivity index (χ0n) is 8.14. The molecule has 2 bridgehead atoms. The van der Waals surface area contributed by atoms with Crippen molar-refractivity contribution in [2.45, 2.75) is 12.8 Å². The highest BCUT2D eigenvalue weighted by atomic mass is 16.2. The maximum atomic E-state index is 11.9. The lowest BCUT2D eigenvalue weighted by Gasteiger charge is -2.35. The van der Waals surface area contributed by atoms with E-state index in [1.165, 1.54) is 4.90 Å². The van der Waals surface area contributed by atoms with Crippen molar-refractivity contribution in [3.8, 4) is 0 Å². The summed E-state index contributed by atoms with van der Waals surface area (Å²) >= 11 is 0. The quantitative estimate of drug-likeness (QED) is 0.420. The third-order valence-electron chi connectivity index (χ3n) is 4.02. The van der Waals surface area contributed by atoms with E-state index in [9.17, 15) is 9.59 Å². The average molecular weight is 191 g/mol. The molecule has 0 aromatic carbocycles. The van der Waals surface area contributed by atoms with E-state index < -0.39 is 0 Å². The molecular weight excluding hydrogens is 178 g/mol. The lowest BCUT2D eigenvalue weighted by Crippen LogP contribution is -2.48. The third-order valence-corrected chi connectivity index (χ3v) is 4.02. The largest absolute Gasteiger partial charge is 0.285 e. The molecule has 3 rings (SSSR count). The van der Waals surface area contributed by atoms with Crippen LogP contribution in [0.3, 0.4) is 0 Å². The Morgan fingerprint density at radius 1 is 1.29 bits per heavy atom. The third kappa shape index (κ3) is 0.825. The van der Waals surface area contributed by atoms with Crippen LogP contribution in [0, 0.1) is 23.7 Å². The van der Waals surface area contributed by atoms with Crippen molar-refractivity contribution in [1.29, 1.82) is 0 Å². The van der Waals surface area contributed by atoms with Crippen LogP contribution in [0.1, 0.15) is 12.8 Å². The maximum absolute atomic E-state index is 11.9. The summed E-state index contributed by atoms with van der Waals surface area (Å²) in [5.41, 5.74) is 0. The molecule has 74 valence electrons. The number of rotatable bonds is 0. The van der Waals surface area contributed by atoms with Gasteiger partial charge in [0.1, 0.15) is 0 Å². The van der Waals surface area contributed by atoms with Crippen molar-refractivity contribution >= 4 is 11.8 Å². The number of fused-ring (bicyclic) bond motifs is 5. The number of imide groups is 1. The van der Waals surface area contributed by atoms with Gasteiger partial charge in [-0.15, -0.1) is 0 Å². The molecule has 0 aromatic rings. The van der Waals surface area contributed by atoms with E-state index in [0.29, 0.717) is 24.2 Å². The fourth-order valence-electron chi connectivity index (χ4n) is 3.25. The van der Waals surface area contributed by atoms with E-state index in [1.807, 2.05) is 0 Å². The van der Waals surface area contributed by atoms with Gasteiger partial charge in [-0.2, -0.15) is 0 Å². The molecule has 2 fully saturated rings. The van der Waals surface area contributed by atoms with E-state index in [-0.39, 0.29) is 17.7 Å². The molecule has 1 saturated heterocycles. The highest BCUT2D eigenvalue weighted by molar-refractivity contribution is 5.99. The van der Waals surface area contributed by atoms with Crippen LogP contribution in [0.2, 0.25) is 0 Å². The number of piperidine rings is 1. The molecule has 4 unspecified atom stereocenters. The molecule has 3 aliphatic rings. The summed E-state index contributed by atoms with van der Waals surface area (Å²) in [6.45, 7) is 0. The van der Waals surface area contributed by atoms with Crippen molar-refractivity contribution in [3.05, 3.63) is 12.2 Å². The molecule has 3 heteroatoms. The number of hydrogen-bond acceptors (Lipinski definition) is 2. The molecule has 3 nitrogen and oxygen atoms in total. The number of amides is 2. The summed E-state index contributed by atoms with van der Waals surface area (Å²) in [7, 11) is 1.61. The maximum Gasteiger partial charge on any atom is 0.232 e. The van der Waals surface area contributed by atoms with Gasteiger partial charge in [-0.05, 0) is 24.2 Å². The fraction of sp³-hybridized carbons (Fsp3) is 0.636. The lowest BCUT2D eigenvalue weighted by atomic mass is 9.77. The molecule has 1 aliphatic heterocycles. The lowest BCUT2D eigenvalue weighted by molar-refractivity contribution is -0.153. The zero-order chi connectivity index (χ0) is 9.87. The van der Waals surface area contributed by atoms with Gasteiger partial charge >= 0.3 is 0 Å². The molecule has 14 heavy (non-hydrogen) atoms. The molecule has 0 N–H and O–H groups in total. The molecular formula is C11H13NO2. The molecule has 0 radical (unpaired) electrons. The van der Waals surface area contributed by atoms with Crippen molar-refractivity contribution in [2.75, 3.05) is 7.05 Å². The first-order chi connectivity index (χ1) is 6.68. The van der Waals surface area contributed by atoms with Gasteiger partial charge in [0, 0.05) is 19.4 Å². The second-order valence-electron chi connectivity index (χ2n) is 4.63. The van der Waals surface area contributed by atoms with Crippen LogP contribution >= 0.6 is 0 Å². The van der Waals surface area contributed by atoms with E-state index in [1.54, 1.807) is 7.05 Å². The van der Waals surface area contributed by atoms with Crippen LogP contribution in [0.5, 0.6) is 0 Å². The van der Waals surface area contributed by atoms with Gasteiger partial charge in [-0.3, -0.25) is 14.5 Å². The first kappa shape index (κ1) is 8.21. The van der Waals surface area contributed by atoms with Crippen LogP contribution in [-0.4, -0.2) is 23.8 Å². The number of allylic oxidation sites excluding steroid dienone is 2. The Balaban J connectivity index is 1.99. The van der Waals surface area contributed by atoms with Gasteiger partial charge in [0.2, 0.25) is 11.8 Å². The van der Waals surface area contributed by atoms with Crippen LogP contribution in [0.25, 0.3) is 0 Å². The van der Waals surface area contributed by atoms with E-state index in [0.717, 1.165) is 6.42 Å². The number of hydrogen-bond donors (Lipinski definition) is 0. The monoisotopic (exact) mass is 191 g/mol. The number of likely N-dealkylation sites (tertiary alicyclic amines) is 1. The Bertz CT molecular complexity index is 347. The normalized spacial score (nSPS) is 44.8. The zero-order valence-corrected chi connectivity index (χ0v) is 8.14. The summed E-state index contributed by atoms with van der Waals surface area (Å²) < 4.78 is 0. The van der Waals surface area contributed by atoms with Gasteiger partial charge < -0.3 is 0 Å². The minimum absolute atomic E-state index is 0.00259. The van der Waals surface area contributed by atoms with Gasteiger partial charge in [0.25, 0.3) is 0 Å². The van der Waals surface area contributed by atoms with Crippen molar-refractivity contribution in [1.82, 2.24) is 4.90 Å². The second-order valence-corrected chi connectivity index (χ2v) is 4.63. The van der Waals surface area contributed by atoms with E-state index in [2.05, 4.69) is 12.2 Å². The summed E-state index contributed by atoms with van der Waals surface area (Å²) in [5, 5.41) is 0. The van der Waals surface area contributed by atoms with Crippen molar-refractivity contribution < 1.29 is 9.59 Å². The van der Waals surface area contributed by atoms with Crippen LogP contribution < -0.4 is 0 Å². The van der Waals surface area contributed by atoms with Crippen molar-refractivity contribution in [2.24, 2.45) is 23.7 Å². The van der Waals surface area contributed by atoms with Crippen LogP contribution in [0.15, 0.2) is 12.2 Å². The molecule has 1 heterocycles. The molecule has 4 atom stereocenters. The minimum Gasteiger partial charge on any atom is -0.285 e. The Kier molecular flexibility index (Phi) is 1.45. The molecule has 1 saturated carbocycles. The highest BCUT2D eigenvalue weighted by Gasteiger charge is 2.52. The van der Waals surface area contributed by atoms with Gasteiger partial charge in [0.05, 0.1) is 0 Å². The second kappa shape index (κ2) is 2.47. The van der Waals surface area contributed by atoms with E-state index in [4.69, 9.17) is 0 Å². The number of carbonyl (C=O) groups excluding carboxylic acids is 2. The van der Waals surface area contributed by atoms with Crippen molar-refractivity contribution in [3.63, 3.8) is 0 Å². The predicted molar refractivity (Wildman–Crippen MR) is 50.1 cm³/mol. The standard InChI is InChI=1S/C11H13NO2/c1-12-9(13)5-8-6-2-3-7(4-6)10(8)11(12)14/h2-3,6-8,10H,4-5H2,1H3. The highest BCUT2D eigenvalue weighted by Crippen LogP contribution is 2.51. The minimum atomic E-state index is -0.00259. The predicted octanol–water partition coefficient (Wildman–Crippen LogP) is 0.813. The molecule has 0 spiro atoms. The smallest absolute Gasteiger partial charge is 0.232 e. The number of nitrogens with zero attached hydrogens (tertiary/aromatic N) is 1. The topological polar surface area (TPSA) is 37.4 Å².